The normalized spacial score (nSPS) is 14.1. The third-order valence-corrected chi connectivity index (χ3v) is 6.11. The lowest BCUT2D eigenvalue weighted by Crippen LogP contribution is -2.54. The van der Waals surface area contributed by atoms with Crippen LogP contribution in [0.25, 0.3) is 16.2 Å². The minimum absolute atomic E-state index is 0.0107. The van der Waals surface area contributed by atoms with Crippen molar-refractivity contribution in [3.8, 4) is 5.13 Å². The van der Waals surface area contributed by atoms with E-state index in [0.717, 1.165) is 18.7 Å². The van der Waals surface area contributed by atoms with Crippen molar-refractivity contribution < 1.29 is 19.1 Å². The van der Waals surface area contributed by atoms with E-state index in [1.165, 1.54) is 22.1 Å². The minimum Gasteiger partial charge on any atom is -0.477 e. The first-order chi connectivity index (χ1) is 15.3. The highest BCUT2D eigenvalue weighted by Gasteiger charge is 2.35. The lowest BCUT2D eigenvalue weighted by molar-refractivity contribution is -0.125. The molecule has 4 heterocycles. The maximum Gasteiger partial charge on any atom is 0.341 e. The second kappa shape index (κ2) is 8.65. The number of rotatable bonds is 7. The monoisotopic (exact) mass is 459 g/mol. The molecule has 0 spiro atoms. The Morgan fingerprint density at radius 2 is 2.12 bits per heavy atom. The summed E-state index contributed by atoms with van der Waals surface area (Å²) in [6.45, 7) is 5.36. The highest BCUT2D eigenvalue weighted by molar-refractivity contribution is 7.12. The van der Waals surface area contributed by atoms with Crippen LogP contribution in [0.2, 0.25) is 0 Å². The molecule has 0 aromatic carbocycles. The predicted molar refractivity (Wildman–Crippen MR) is 118 cm³/mol. The molecule has 0 saturated carbocycles. The Morgan fingerprint density at radius 1 is 1.38 bits per heavy atom. The van der Waals surface area contributed by atoms with Crippen LogP contribution < -0.4 is 15.6 Å². The number of carbonyl (C=O) groups is 2. The summed E-state index contributed by atoms with van der Waals surface area (Å²) in [5, 5.41) is 14.2. The maximum atomic E-state index is 14.9. The lowest BCUT2D eigenvalue weighted by Gasteiger charge is -2.39. The molecule has 1 amide bonds. The molecule has 0 atom stereocenters. The van der Waals surface area contributed by atoms with E-state index in [1.54, 1.807) is 10.3 Å². The number of hydrogen-bond acceptors (Lipinski definition) is 7. The second-order valence-corrected chi connectivity index (χ2v) is 8.98. The molecule has 0 aliphatic carbocycles. The number of fused-ring (bicyclic) bond motifs is 1. The van der Waals surface area contributed by atoms with E-state index in [1.807, 2.05) is 0 Å². The van der Waals surface area contributed by atoms with Crippen molar-refractivity contribution in [1.29, 1.82) is 0 Å². The van der Waals surface area contributed by atoms with E-state index >= 15 is 0 Å². The summed E-state index contributed by atoms with van der Waals surface area (Å²) >= 11 is 1.23. The number of aromatic nitrogens is 3. The van der Waals surface area contributed by atoms with Crippen LogP contribution >= 0.6 is 11.3 Å². The molecule has 168 valence electrons. The summed E-state index contributed by atoms with van der Waals surface area (Å²) in [4.78, 5) is 46.6. The first kappa shape index (κ1) is 21.9. The minimum atomic E-state index is -1.42. The van der Waals surface area contributed by atoms with Gasteiger partial charge in [0.05, 0.1) is 11.3 Å². The molecular weight excluding hydrogens is 437 g/mol. The van der Waals surface area contributed by atoms with Crippen molar-refractivity contribution in [1.82, 2.24) is 19.9 Å². The number of nitrogens with one attached hydrogen (secondary N) is 1. The third-order valence-electron chi connectivity index (χ3n) is 5.34. The van der Waals surface area contributed by atoms with Gasteiger partial charge in [0.15, 0.2) is 22.4 Å². The van der Waals surface area contributed by atoms with Crippen LogP contribution in [0, 0.1) is 17.7 Å². The van der Waals surface area contributed by atoms with E-state index in [2.05, 4.69) is 29.1 Å². The van der Waals surface area contributed by atoms with Gasteiger partial charge in [0.2, 0.25) is 11.3 Å². The van der Waals surface area contributed by atoms with Crippen LogP contribution in [0.1, 0.15) is 30.6 Å². The molecule has 3 aromatic heterocycles. The highest BCUT2D eigenvalue weighted by atomic mass is 32.1. The fourth-order valence-corrected chi connectivity index (χ4v) is 4.13. The Bertz CT molecular complexity index is 1240. The number of carbonyl (C=O) groups excluding carboxylic acids is 1. The van der Waals surface area contributed by atoms with Crippen molar-refractivity contribution in [2.24, 2.45) is 11.8 Å². The molecule has 32 heavy (non-hydrogen) atoms. The van der Waals surface area contributed by atoms with Gasteiger partial charge in [0.1, 0.15) is 5.56 Å². The molecule has 11 heteroatoms. The van der Waals surface area contributed by atoms with Crippen LogP contribution in [0.15, 0.2) is 28.6 Å². The molecule has 0 radical (unpaired) electrons. The Balaban J connectivity index is 1.65. The third kappa shape index (κ3) is 4.07. The van der Waals surface area contributed by atoms with Gasteiger partial charge in [-0.05, 0) is 18.4 Å². The highest BCUT2D eigenvalue weighted by Crippen LogP contribution is 2.29. The summed E-state index contributed by atoms with van der Waals surface area (Å²) in [7, 11) is 0. The van der Waals surface area contributed by atoms with Crippen molar-refractivity contribution in [2.45, 2.75) is 20.3 Å². The second-order valence-electron chi connectivity index (χ2n) is 8.10. The molecule has 1 aliphatic rings. The molecule has 1 fully saturated rings. The van der Waals surface area contributed by atoms with E-state index in [0.29, 0.717) is 30.7 Å². The van der Waals surface area contributed by atoms with E-state index in [4.69, 9.17) is 0 Å². The smallest absolute Gasteiger partial charge is 0.341 e. The number of halogens is 1. The van der Waals surface area contributed by atoms with Gasteiger partial charge in [0, 0.05) is 37.4 Å². The summed E-state index contributed by atoms with van der Waals surface area (Å²) in [5.74, 6) is -2.01. The number of carboxylic acids is 1. The average Bonchev–Trinajstić information content (AvgIpc) is 3.22. The largest absolute Gasteiger partial charge is 0.477 e. The maximum absolute atomic E-state index is 14.9. The summed E-state index contributed by atoms with van der Waals surface area (Å²) < 4.78 is 16.3. The summed E-state index contributed by atoms with van der Waals surface area (Å²) in [6.07, 6.45) is 3.57. The van der Waals surface area contributed by atoms with Gasteiger partial charge in [-0.3, -0.25) is 14.2 Å². The van der Waals surface area contributed by atoms with Crippen molar-refractivity contribution in [3.05, 3.63) is 45.4 Å². The fraction of sp³-hybridized carbons (Fsp3) is 0.381. The number of anilines is 1. The predicted octanol–water partition coefficient (Wildman–Crippen LogP) is 2.28. The zero-order valence-electron chi connectivity index (χ0n) is 17.5. The summed E-state index contributed by atoms with van der Waals surface area (Å²) in [6, 6.07) is 1.01. The molecule has 0 bridgehead atoms. The number of aromatic carboxylic acids is 1. The van der Waals surface area contributed by atoms with Crippen LogP contribution in [0.5, 0.6) is 0 Å². The van der Waals surface area contributed by atoms with Crippen LogP contribution in [0.4, 0.5) is 10.2 Å². The zero-order valence-corrected chi connectivity index (χ0v) is 18.4. The number of amides is 1. The number of hydrogen-bond donors (Lipinski definition) is 2. The lowest BCUT2D eigenvalue weighted by atomic mass is 9.98. The molecule has 2 N–H and O–H groups in total. The zero-order chi connectivity index (χ0) is 23.0. The first-order valence-electron chi connectivity index (χ1n) is 10.2. The van der Waals surface area contributed by atoms with Crippen LogP contribution in [0.3, 0.4) is 0 Å². The first-order valence-corrected chi connectivity index (χ1v) is 11.1. The number of carboxylic acid groups (broad SMARTS) is 1. The van der Waals surface area contributed by atoms with E-state index < -0.39 is 22.8 Å². The number of thiazole rings is 1. The topological polar surface area (TPSA) is 117 Å². The van der Waals surface area contributed by atoms with Gasteiger partial charge in [0.25, 0.3) is 0 Å². The molecule has 0 unspecified atom stereocenters. The van der Waals surface area contributed by atoms with Gasteiger partial charge < -0.3 is 15.3 Å². The Labute approximate surface area is 186 Å². The molecule has 3 aromatic rings. The molecular formula is C21H22FN5O4S. The van der Waals surface area contributed by atoms with Crippen LogP contribution in [-0.4, -0.2) is 51.2 Å². The van der Waals surface area contributed by atoms with Gasteiger partial charge in [-0.1, -0.05) is 13.8 Å². The average molecular weight is 460 g/mol. The molecule has 9 nitrogen and oxygen atoms in total. The van der Waals surface area contributed by atoms with E-state index in [-0.39, 0.29) is 28.7 Å². The molecule has 1 aliphatic heterocycles. The Morgan fingerprint density at radius 3 is 2.75 bits per heavy atom. The fourth-order valence-electron chi connectivity index (χ4n) is 3.51. The van der Waals surface area contributed by atoms with Gasteiger partial charge in [-0.2, -0.15) is 0 Å². The Hall–Kier alpha value is -3.34. The van der Waals surface area contributed by atoms with Gasteiger partial charge in [-0.15, -0.1) is 11.3 Å². The van der Waals surface area contributed by atoms with Crippen molar-refractivity contribution >= 4 is 40.1 Å². The van der Waals surface area contributed by atoms with E-state index in [9.17, 15) is 23.9 Å². The van der Waals surface area contributed by atoms with Gasteiger partial charge >= 0.3 is 5.97 Å². The van der Waals surface area contributed by atoms with Crippen molar-refractivity contribution in [3.63, 3.8) is 0 Å². The molecule has 4 rings (SSSR count). The van der Waals surface area contributed by atoms with Crippen LogP contribution in [-0.2, 0) is 4.79 Å². The SMILES string of the molecule is CC(C)CCNC(=O)C1CN(c2nc3c(cc2F)c(=O)c(C(=O)O)cn3-c2nccs2)C1. The quantitative estimate of drug-likeness (QED) is 0.557. The number of nitrogens with zero attached hydrogens (tertiary/aromatic N) is 4. The summed E-state index contributed by atoms with van der Waals surface area (Å²) in [5.41, 5.74) is -1.20. The number of pyridine rings is 2. The van der Waals surface area contributed by atoms with Gasteiger partial charge in [-0.25, -0.2) is 19.2 Å². The Kier molecular flexibility index (Phi) is 5.92. The van der Waals surface area contributed by atoms with Crippen molar-refractivity contribution in [2.75, 3.05) is 24.5 Å². The molecule has 1 saturated heterocycles. The standard InChI is InChI=1S/C21H22FN5O4S/c1-11(2)3-4-23-19(29)12-8-26(9-12)18-15(22)7-13-16(28)14(20(30)31)10-27(17(13)25-18)21-24-5-6-32-21/h5-7,10-12H,3-4,8-9H2,1-2H3,(H,23,29)(H,30,31).